The normalized spacial score (nSPS) is 19.4. The van der Waals surface area contributed by atoms with Gasteiger partial charge in [0.05, 0.1) is 0 Å². The van der Waals surface area contributed by atoms with E-state index in [1.807, 2.05) is 0 Å². The lowest BCUT2D eigenvalue weighted by Gasteiger charge is -2.28. The van der Waals surface area contributed by atoms with Crippen molar-refractivity contribution >= 4 is 0 Å². The first kappa shape index (κ1) is 15.5. The van der Waals surface area contributed by atoms with E-state index in [1.54, 1.807) is 0 Å². The Morgan fingerprint density at radius 3 is 2.35 bits per heavy atom. The van der Waals surface area contributed by atoms with Gasteiger partial charge in [0, 0.05) is 12.6 Å². The summed E-state index contributed by atoms with van der Waals surface area (Å²) in [6.07, 6.45) is 4.90. The maximum Gasteiger partial charge on any atom is 0.00825 e. The monoisotopic (exact) mass is 274 g/mol. The van der Waals surface area contributed by atoms with Gasteiger partial charge in [0.1, 0.15) is 0 Å². The molecule has 0 radical (unpaired) electrons. The Morgan fingerprint density at radius 1 is 1.10 bits per heavy atom. The Morgan fingerprint density at radius 2 is 1.75 bits per heavy atom. The van der Waals surface area contributed by atoms with Crippen LogP contribution in [0.5, 0.6) is 0 Å². The predicted octanol–water partition coefficient (Wildman–Crippen LogP) is 3.31. The summed E-state index contributed by atoms with van der Waals surface area (Å²) in [5.74, 6) is 1.45. The van der Waals surface area contributed by atoms with E-state index in [-0.39, 0.29) is 6.04 Å². The SMILES string of the molecule is CC(C)[C@H](C[C@H](N)Cc1ccccc1)CN1CCCC1. The number of likely N-dealkylation sites (tertiary alicyclic amines) is 1. The standard InChI is InChI=1S/C18H30N2/c1-15(2)17(14-20-10-6-7-11-20)13-18(19)12-16-8-4-3-5-9-16/h3-5,8-9,15,17-18H,6-7,10-14,19H2,1-2H3/t17-,18-/m1/s1. The van der Waals surface area contributed by atoms with Crippen LogP contribution in [-0.2, 0) is 6.42 Å². The third-order valence-corrected chi connectivity index (χ3v) is 4.58. The van der Waals surface area contributed by atoms with Gasteiger partial charge < -0.3 is 10.6 Å². The molecule has 0 aromatic heterocycles. The van der Waals surface area contributed by atoms with Crippen molar-refractivity contribution in [3.05, 3.63) is 35.9 Å². The van der Waals surface area contributed by atoms with E-state index >= 15 is 0 Å². The molecule has 1 heterocycles. The topological polar surface area (TPSA) is 29.3 Å². The van der Waals surface area contributed by atoms with Crippen LogP contribution < -0.4 is 5.73 Å². The van der Waals surface area contributed by atoms with Gasteiger partial charge in [-0.05, 0) is 56.2 Å². The molecule has 1 aliphatic heterocycles. The van der Waals surface area contributed by atoms with Crippen LogP contribution in [0, 0.1) is 11.8 Å². The van der Waals surface area contributed by atoms with Crippen molar-refractivity contribution in [2.24, 2.45) is 17.6 Å². The fourth-order valence-electron chi connectivity index (χ4n) is 3.24. The molecule has 2 nitrogen and oxygen atoms in total. The summed E-state index contributed by atoms with van der Waals surface area (Å²) in [5.41, 5.74) is 7.76. The third-order valence-electron chi connectivity index (χ3n) is 4.58. The van der Waals surface area contributed by atoms with Gasteiger partial charge in [-0.1, -0.05) is 44.2 Å². The van der Waals surface area contributed by atoms with Crippen LogP contribution >= 0.6 is 0 Å². The number of hydrogen-bond acceptors (Lipinski definition) is 2. The molecule has 0 spiro atoms. The van der Waals surface area contributed by atoms with Gasteiger partial charge in [-0.25, -0.2) is 0 Å². The molecule has 0 bridgehead atoms. The van der Waals surface area contributed by atoms with Gasteiger partial charge in [-0.2, -0.15) is 0 Å². The molecule has 1 aliphatic rings. The average molecular weight is 274 g/mol. The first-order valence-electron chi connectivity index (χ1n) is 8.17. The van der Waals surface area contributed by atoms with Crippen LogP contribution in [0.3, 0.4) is 0 Å². The van der Waals surface area contributed by atoms with Crippen molar-refractivity contribution < 1.29 is 0 Å². The maximum atomic E-state index is 6.40. The number of rotatable bonds is 7. The quantitative estimate of drug-likeness (QED) is 0.826. The zero-order valence-electron chi connectivity index (χ0n) is 13.1. The van der Waals surface area contributed by atoms with Gasteiger partial charge in [0.2, 0.25) is 0 Å². The molecule has 1 aromatic carbocycles. The summed E-state index contributed by atoms with van der Waals surface area (Å²) in [4.78, 5) is 2.62. The third kappa shape index (κ3) is 4.92. The molecule has 0 saturated carbocycles. The summed E-state index contributed by atoms with van der Waals surface area (Å²) < 4.78 is 0. The van der Waals surface area contributed by atoms with Gasteiger partial charge in [0.25, 0.3) is 0 Å². The Balaban J connectivity index is 1.83. The summed E-state index contributed by atoms with van der Waals surface area (Å²) in [6.45, 7) is 8.50. The lowest BCUT2D eigenvalue weighted by molar-refractivity contribution is 0.216. The van der Waals surface area contributed by atoms with E-state index in [9.17, 15) is 0 Å². The largest absolute Gasteiger partial charge is 0.327 e. The summed E-state index contributed by atoms with van der Waals surface area (Å²) >= 11 is 0. The smallest absolute Gasteiger partial charge is 0.00825 e. The van der Waals surface area contributed by atoms with Crippen LogP contribution in [0.25, 0.3) is 0 Å². The predicted molar refractivity (Wildman–Crippen MR) is 86.7 cm³/mol. The van der Waals surface area contributed by atoms with Gasteiger partial charge in [-0.15, -0.1) is 0 Å². The van der Waals surface area contributed by atoms with Gasteiger partial charge in [-0.3, -0.25) is 0 Å². The Labute approximate surface area is 124 Å². The van der Waals surface area contributed by atoms with E-state index in [2.05, 4.69) is 49.1 Å². The van der Waals surface area contributed by atoms with Crippen molar-refractivity contribution in [2.45, 2.75) is 45.6 Å². The highest BCUT2D eigenvalue weighted by atomic mass is 15.1. The van der Waals surface area contributed by atoms with Crippen molar-refractivity contribution in [2.75, 3.05) is 19.6 Å². The Kier molecular flexibility index (Phi) is 6.06. The zero-order valence-corrected chi connectivity index (χ0v) is 13.1. The van der Waals surface area contributed by atoms with Crippen molar-refractivity contribution in [3.63, 3.8) is 0 Å². The molecule has 1 fully saturated rings. The molecular formula is C18H30N2. The van der Waals surface area contributed by atoms with Crippen LogP contribution in [0.15, 0.2) is 30.3 Å². The van der Waals surface area contributed by atoms with Crippen LogP contribution in [0.1, 0.15) is 38.7 Å². The molecular weight excluding hydrogens is 244 g/mol. The van der Waals surface area contributed by atoms with Gasteiger partial charge in [0.15, 0.2) is 0 Å². The molecule has 1 aromatic rings. The molecule has 2 heteroatoms. The van der Waals surface area contributed by atoms with E-state index in [0.29, 0.717) is 0 Å². The van der Waals surface area contributed by atoms with E-state index in [4.69, 9.17) is 5.73 Å². The van der Waals surface area contributed by atoms with Crippen molar-refractivity contribution in [1.29, 1.82) is 0 Å². The molecule has 112 valence electrons. The Bertz CT molecular complexity index is 368. The van der Waals surface area contributed by atoms with Crippen LogP contribution in [0.2, 0.25) is 0 Å². The zero-order chi connectivity index (χ0) is 14.4. The highest BCUT2D eigenvalue weighted by molar-refractivity contribution is 5.15. The minimum absolute atomic E-state index is 0.285. The number of nitrogens with zero attached hydrogens (tertiary/aromatic N) is 1. The fourth-order valence-corrected chi connectivity index (χ4v) is 3.24. The van der Waals surface area contributed by atoms with E-state index in [0.717, 1.165) is 24.7 Å². The molecule has 0 aliphatic carbocycles. The molecule has 2 atom stereocenters. The van der Waals surface area contributed by atoms with Crippen LogP contribution in [-0.4, -0.2) is 30.6 Å². The second-order valence-electron chi connectivity index (χ2n) is 6.70. The summed E-state index contributed by atoms with van der Waals surface area (Å²) in [6, 6.07) is 10.9. The highest BCUT2D eigenvalue weighted by Crippen LogP contribution is 2.21. The molecule has 0 unspecified atom stereocenters. The molecule has 2 N–H and O–H groups in total. The fraction of sp³-hybridized carbons (Fsp3) is 0.667. The van der Waals surface area contributed by atoms with Crippen molar-refractivity contribution in [3.8, 4) is 0 Å². The first-order valence-corrected chi connectivity index (χ1v) is 8.17. The minimum atomic E-state index is 0.285. The first-order chi connectivity index (χ1) is 9.65. The summed E-state index contributed by atoms with van der Waals surface area (Å²) in [7, 11) is 0. The molecule has 0 amide bonds. The van der Waals surface area contributed by atoms with E-state index < -0.39 is 0 Å². The average Bonchev–Trinajstić information content (AvgIpc) is 2.92. The lowest BCUT2D eigenvalue weighted by atomic mass is 9.87. The highest BCUT2D eigenvalue weighted by Gasteiger charge is 2.22. The molecule has 1 saturated heterocycles. The lowest BCUT2D eigenvalue weighted by Crippen LogP contribution is -2.35. The summed E-state index contributed by atoms with van der Waals surface area (Å²) in [5, 5.41) is 0. The minimum Gasteiger partial charge on any atom is -0.327 e. The van der Waals surface area contributed by atoms with Crippen LogP contribution in [0.4, 0.5) is 0 Å². The Hall–Kier alpha value is -0.860. The number of hydrogen-bond donors (Lipinski definition) is 1. The maximum absolute atomic E-state index is 6.40. The second kappa shape index (κ2) is 7.80. The van der Waals surface area contributed by atoms with Crippen molar-refractivity contribution in [1.82, 2.24) is 4.90 Å². The number of nitrogens with two attached hydrogens (primary N) is 1. The molecule has 2 rings (SSSR count). The second-order valence-corrected chi connectivity index (χ2v) is 6.70. The van der Waals surface area contributed by atoms with Gasteiger partial charge >= 0.3 is 0 Å². The van der Waals surface area contributed by atoms with E-state index in [1.165, 1.54) is 38.0 Å². The number of benzene rings is 1. The molecule has 20 heavy (non-hydrogen) atoms.